The van der Waals surface area contributed by atoms with Crippen molar-refractivity contribution in [3.63, 3.8) is 0 Å². The summed E-state index contributed by atoms with van der Waals surface area (Å²) < 4.78 is 30.5. The minimum atomic E-state index is -0.710. The van der Waals surface area contributed by atoms with Crippen LogP contribution in [0.25, 0.3) is 0 Å². The molecule has 148 valence electrons. The topological polar surface area (TPSA) is 102 Å². The van der Waals surface area contributed by atoms with Crippen LogP contribution in [0.3, 0.4) is 0 Å². The summed E-state index contributed by atoms with van der Waals surface area (Å²) in [4.78, 5) is 22.6. The van der Waals surface area contributed by atoms with E-state index in [0.29, 0.717) is 11.5 Å². The van der Waals surface area contributed by atoms with Gasteiger partial charge in [0.05, 0.1) is 31.3 Å². The Kier molecular flexibility index (Phi) is 13.4. The third-order valence-electron chi connectivity index (χ3n) is 2.44. The minimum Gasteiger partial charge on any atom is -0.473 e. The Balaban J connectivity index is 4.18. The fraction of sp³-hybridized carbons (Fsp3) is 0.529. The molecule has 0 atom stereocenters. The number of nitrogens with one attached hydrogen (secondary N) is 1. The molecule has 1 amide bonds. The van der Waals surface area contributed by atoms with Crippen molar-refractivity contribution < 1.29 is 38.0 Å². The van der Waals surface area contributed by atoms with Gasteiger partial charge in [0.2, 0.25) is 0 Å². The number of allylic oxidation sites excluding steroid dienone is 2. The standard InChI is InChI=1S/C17H27NO8/c1-6-16(19)23-8-7-18-17(20)26-15(9-21-11-24-13(2)3)10-22-12-25-14(4)5/h6,15H,1-2,4,7-12H2,3,5H3,(H,18,20). The summed E-state index contributed by atoms with van der Waals surface area (Å²) in [6.07, 6.45) is -0.380. The Morgan fingerprint density at radius 1 is 1.00 bits per heavy atom. The Bertz CT molecular complexity index is 455. The molecule has 0 saturated heterocycles. The van der Waals surface area contributed by atoms with Crippen molar-refractivity contribution >= 4 is 12.1 Å². The number of esters is 1. The highest BCUT2D eigenvalue weighted by molar-refractivity contribution is 5.81. The van der Waals surface area contributed by atoms with Gasteiger partial charge >= 0.3 is 12.1 Å². The van der Waals surface area contributed by atoms with Crippen LogP contribution in [-0.4, -0.2) is 58.1 Å². The molecule has 0 bridgehead atoms. The van der Waals surface area contributed by atoms with E-state index in [9.17, 15) is 9.59 Å². The van der Waals surface area contributed by atoms with E-state index in [0.717, 1.165) is 6.08 Å². The van der Waals surface area contributed by atoms with Gasteiger partial charge in [0, 0.05) is 6.08 Å². The lowest BCUT2D eigenvalue weighted by Gasteiger charge is -2.19. The largest absolute Gasteiger partial charge is 0.473 e. The van der Waals surface area contributed by atoms with Gasteiger partial charge in [-0.3, -0.25) is 0 Å². The number of carbonyl (C=O) groups is 2. The summed E-state index contributed by atoms with van der Waals surface area (Å²) in [5.74, 6) is 0.427. The van der Waals surface area contributed by atoms with Crippen molar-refractivity contribution in [2.24, 2.45) is 0 Å². The van der Waals surface area contributed by atoms with E-state index in [4.69, 9.17) is 28.4 Å². The molecule has 0 radical (unpaired) electrons. The molecule has 0 unspecified atom stereocenters. The zero-order chi connectivity index (χ0) is 19.8. The van der Waals surface area contributed by atoms with E-state index in [1.165, 1.54) is 0 Å². The number of hydrogen-bond acceptors (Lipinski definition) is 8. The van der Waals surface area contributed by atoms with Gasteiger partial charge in [-0.1, -0.05) is 19.7 Å². The number of carbonyl (C=O) groups excluding carboxylic acids is 2. The van der Waals surface area contributed by atoms with Crippen LogP contribution in [0, 0.1) is 0 Å². The molecule has 0 aromatic carbocycles. The fourth-order valence-electron chi connectivity index (χ4n) is 1.32. The normalized spacial score (nSPS) is 9.96. The van der Waals surface area contributed by atoms with Crippen LogP contribution in [-0.2, 0) is 33.2 Å². The van der Waals surface area contributed by atoms with E-state index in [1.54, 1.807) is 13.8 Å². The van der Waals surface area contributed by atoms with Crippen molar-refractivity contribution in [3.05, 3.63) is 37.3 Å². The van der Waals surface area contributed by atoms with Gasteiger partial charge in [-0.2, -0.15) is 0 Å². The Morgan fingerprint density at radius 2 is 1.54 bits per heavy atom. The SMILES string of the molecule is C=CC(=O)OCCNC(=O)OC(COCOC(=C)C)COCOC(=C)C. The van der Waals surface area contributed by atoms with Gasteiger partial charge in [0.25, 0.3) is 0 Å². The molecule has 9 heteroatoms. The molecule has 0 aliphatic carbocycles. The predicted molar refractivity (Wildman–Crippen MR) is 92.9 cm³/mol. The van der Waals surface area contributed by atoms with Gasteiger partial charge in [-0.05, 0) is 13.8 Å². The number of hydrogen-bond donors (Lipinski definition) is 1. The summed E-state index contributed by atoms with van der Waals surface area (Å²) in [6.45, 7) is 13.9. The van der Waals surface area contributed by atoms with Gasteiger partial charge in [-0.15, -0.1) is 0 Å². The van der Waals surface area contributed by atoms with E-state index in [1.807, 2.05) is 0 Å². The quantitative estimate of drug-likeness (QED) is 0.153. The highest BCUT2D eigenvalue weighted by atomic mass is 16.7. The van der Waals surface area contributed by atoms with Crippen molar-refractivity contribution in [2.45, 2.75) is 20.0 Å². The number of amides is 1. The van der Waals surface area contributed by atoms with E-state index in [2.05, 4.69) is 25.1 Å². The average molecular weight is 373 g/mol. The Hall–Kier alpha value is -2.52. The lowest BCUT2D eigenvalue weighted by molar-refractivity contribution is -0.137. The average Bonchev–Trinajstić information content (AvgIpc) is 2.58. The fourth-order valence-corrected chi connectivity index (χ4v) is 1.32. The summed E-state index contributed by atoms with van der Waals surface area (Å²) >= 11 is 0. The molecule has 0 saturated carbocycles. The first-order chi connectivity index (χ1) is 12.3. The molecule has 0 aliphatic heterocycles. The molecule has 0 aromatic heterocycles. The van der Waals surface area contributed by atoms with Crippen molar-refractivity contribution in [1.82, 2.24) is 5.32 Å². The number of alkyl carbamates (subject to hydrolysis) is 1. The zero-order valence-electron chi connectivity index (χ0n) is 15.3. The molecule has 1 N–H and O–H groups in total. The van der Waals surface area contributed by atoms with Gasteiger partial charge in [0.15, 0.2) is 19.7 Å². The first kappa shape index (κ1) is 23.5. The summed E-state index contributed by atoms with van der Waals surface area (Å²) in [6, 6.07) is 0. The molecule has 26 heavy (non-hydrogen) atoms. The van der Waals surface area contributed by atoms with Crippen LogP contribution in [0.4, 0.5) is 4.79 Å². The monoisotopic (exact) mass is 373 g/mol. The maximum absolute atomic E-state index is 11.8. The summed E-state index contributed by atoms with van der Waals surface area (Å²) in [5, 5.41) is 2.44. The molecular weight excluding hydrogens is 346 g/mol. The first-order valence-electron chi connectivity index (χ1n) is 7.81. The number of ether oxygens (including phenoxy) is 6. The second-order valence-electron chi connectivity index (χ2n) is 5.00. The van der Waals surface area contributed by atoms with Crippen LogP contribution in [0.15, 0.2) is 37.3 Å². The maximum Gasteiger partial charge on any atom is 0.407 e. The van der Waals surface area contributed by atoms with Crippen LogP contribution in [0.1, 0.15) is 13.8 Å². The van der Waals surface area contributed by atoms with Crippen LogP contribution < -0.4 is 5.32 Å². The lowest BCUT2D eigenvalue weighted by atomic mass is 10.4. The first-order valence-corrected chi connectivity index (χ1v) is 7.81. The smallest absolute Gasteiger partial charge is 0.407 e. The third kappa shape index (κ3) is 15.0. The molecule has 0 aliphatic rings. The number of rotatable bonds is 15. The minimum absolute atomic E-state index is 0.00345. The van der Waals surface area contributed by atoms with Crippen LogP contribution >= 0.6 is 0 Å². The molecule has 9 nitrogen and oxygen atoms in total. The summed E-state index contributed by atoms with van der Waals surface area (Å²) in [7, 11) is 0. The lowest BCUT2D eigenvalue weighted by Crippen LogP contribution is -2.36. The van der Waals surface area contributed by atoms with E-state index < -0.39 is 18.2 Å². The van der Waals surface area contributed by atoms with Gasteiger partial charge in [-0.25, -0.2) is 9.59 Å². The van der Waals surface area contributed by atoms with Gasteiger partial charge < -0.3 is 33.7 Å². The second kappa shape index (κ2) is 14.8. The predicted octanol–water partition coefficient (Wildman–Crippen LogP) is 1.86. The van der Waals surface area contributed by atoms with Crippen LogP contribution in [0.5, 0.6) is 0 Å². The zero-order valence-corrected chi connectivity index (χ0v) is 15.3. The Labute approximate surface area is 153 Å². The highest BCUT2D eigenvalue weighted by Crippen LogP contribution is 2.00. The van der Waals surface area contributed by atoms with Crippen molar-refractivity contribution in [3.8, 4) is 0 Å². The van der Waals surface area contributed by atoms with Gasteiger partial charge in [0.1, 0.15) is 6.61 Å². The molecule has 0 rings (SSSR count). The molecular formula is C17H27NO8. The van der Waals surface area contributed by atoms with Crippen LogP contribution in [0.2, 0.25) is 0 Å². The molecule has 0 spiro atoms. The molecule has 0 fully saturated rings. The highest BCUT2D eigenvalue weighted by Gasteiger charge is 2.15. The maximum atomic E-state index is 11.8. The molecule has 0 heterocycles. The molecule has 0 aromatic rings. The van der Waals surface area contributed by atoms with E-state index >= 15 is 0 Å². The third-order valence-corrected chi connectivity index (χ3v) is 2.44. The van der Waals surface area contributed by atoms with Crippen molar-refractivity contribution in [2.75, 3.05) is 40.0 Å². The second-order valence-corrected chi connectivity index (χ2v) is 5.00. The van der Waals surface area contributed by atoms with Crippen molar-refractivity contribution in [1.29, 1.82) is 0 Å². The van der Waals surface area contributed by atoms with E-state index in [-0.39, 0.29) is 40.0 Å². The summed E-state index contributed by atoms with van der Waals surface area (Å²) in [5.41, 5.74) is 0. The Morgan fingerprint density at radius 3 is 2.00 bits per heavy atom.